The van der Waals surface area contributed by atoms with Crippen LogP contribution in [0.1, 0.15) is 240 Å². The van der Waals surface area contributed by atoms with E-state index in [9.17, 15) is 14.4 Å². The van der Waals surface area contributed by atoms with Crippen molar-refractivity contribution in [1.82, 2.24) is 0 Å². The number of carbonyl (C=O) groups excluding carboxylic acids is 3. The average Bonchev–Trinajstić information content (AvgIpc) is 3.09. The standard InChI is InChI=1S/C45H86O6/c1-6-7-8-9-10-11-12-16-19-25-30-35-43(46)49-38-42(51-45(48)37-32-27-22-21-24-29-34-41(4)5)39-50-44(47)36-31-26-20-17-14-13-15-18-23-28-33-40(2)3/h40-42H,6-39H2,1-5H3/t42-/m0/s1. The number of ether oxygens (including phenoxy) is 3. The normalized spacial score (nSPS) is 12.1. The third-order valence-electron chi connectivity index (χ3n) is 9.97. The maximum atomic E-state index is 12.6. The van der Waals surface area contributed by atoms with Crippen molar-refractivity contribution >= 4 is 17.9 Å². The van der Waals surface area contributed by atoms with Gasteiger partial charge < -0.3 is 14.2 Å². The van der Waals surface area contributed by atoms with E-state index in [0.29, 0.717) is 19.3 Å². The summed E-state index contributed by atoms with van der Waals surface area (Å²) in [6.45, 7) is 11.2. The number of hydrogen-bond donors (Lipinski definition) is 0. The predicted molar refractivity (Wildman–Crippen MR) is 215 cm³/mol. The van der Waals surface area contributed by atoms with E-state index in [2.05, 4.69) is 34.6 Å². The Hall–Kier alpha value is -1.59. The van der Waals surface area contributed by atoms with E-state index in [0.717, 1.165) is 69.6 Å². The van der Waals surface area contributed by atoms with Gasteiger partial charge in [0.25, 0.3) is 0 Å². The molecule has 0 aliphatic rings. The minimum atomic E-state index is -0.760. The molecule has 0 heterocycles. The lowest BCUT2D eigenvalue weighted by atomic mass is 10.0. The van der Waals surface area contributed by atoms with Gasteiger partial charge >= 0.3 is 17.9 Å². The van der Waals surface area contributed by atoms with Crippen molar-refractivity contribution in [3.8, 4) is 0 Å². The molecule has 51 heavy (non-hydrogen) atoms. The molecule has 0 saturated carbocycles. The van der Waals surface area contributed by atoms with Gasteiger partial charge in [0.05, 0.1) is 0 Å². The summed E-state index contributed by atoms with van der Waals surface area (Å²) in [5.74, 6) is 0.713. The summed E-state index contributed by atoms with van der Waals surface area (Å²) in [6.07, 6.45) is 35.3. The maximum absolute atomic E-state index is 12.6. The monoisotopic (exact) mass is 723 g/mol. The van der Waals surface area contributed by atoms with Crippen molar-refractivity contribution in [3.63, 3.8) is 0 Å². The van der Waals surface area contributed by atoms with Gasteiger partial charge in [-0.2, -0.15) is 0 Å². The van der Waals surface area contributed by atoms with Crippen LogP contribution in [0.5, 0.6) is 0 Å². The number of unbranched alkanes of at least 4 members (excludes halogenated alkanes) is 24. The SMILES string of the molecule is CCCCCCCCCCCCCC(=O)OC[C@@H](COC(=O)CCCCCCCCCCCCC(C)C)OC(=O)CCCCCCCCC(C)C. The quantitative estimate of drug-likeness (QED) is 0.0357. The van der Waals surface area contributed by atoms with Gasteiger partial charge in [0, 0.05) is 19.3 Å². The van der Waals surface area contributed by atoms with E-state index in [4.69, 9.17) is 14.2 Å². The van der Waals surface area contributed by atoms with Crippen LogP contribution in [-0.2, 0) is 28.6 Å². The first-order valence-corrected chi connectivity index (χ1v) is 22.2. The van der Waals surface area contributed by atoms with Crippen molar-refractivity contribution in [2.24, 2.45) is 11.8 Å². The maximum Gasteiger partial charge on any atom is 0.306 e. The molecule has 0 spiro atoms. The molecule has 0 unspecified atom stereocenters. The first-order valence-electron chi connectivity index (χ1n) is 22.2. The summed E-state index contributed by atoms with van der Waals surface area (Å²) in [5, 5.41) is 0. The lowest BCUT2D eigenvalue weighted by Crippen LogP contribution is -2.30. The van der Waals surface area contributed by atoms with Crippen molar-refractivity contribution in [1.29, 1.82) is 0 Å². The number of esters is 3. The Balaban J connectivity index is 4.31. The van der Waals surface area contributed by atoms with Crippen molar-refractivity contribution in [3.05, 3.63) is 0 Å². The number of rotatable bonds is 39. The zero-order valence-corrected chi connectivity index (χ0v) is 34.7. The predicted octanol–water partition coefficient (Wildman–Crippen LogP) is 13.8. The first kappa shape index (κ1) is 49.4. The van der Waals surface area contributed by atoms with Crippen molar-refractivity contribution in [2.75, 3.05) is 13.2 Å². The zero-order chi connectivity index (χ0) is 37.6. The fourth-order valence-corrected chi connectivity index (χ4v) is 6.58. The Bertz CT molecular complexity index is 779. The van der Waals surface area contributed by atoms with E-state index < -0.39 is 6.10 Å². The number of carbonyl (C=O) groups is 3. The molecule has 0 amide bonds. The lowest BCUT2D eigenvalue weighted by Gasteiger charge is -2.18. The van der Waals surface area contributed by atoms with Crippen LogP contribution in [-0.4, -0.2) is 37.2 Å². The molecular formula is C45H86O6. The minimum absolute atomic E-state index is 0.0660. The summed E-state index contributed by atoms with van der Waals surface area (Å²) < 4.78 is 16.7. The summed E-state index contributed by atoms with van der Waals surface area (Å²) in [6, 6.07) is 0. The van der Waals surface area contributed by atoms with Crippen LogP contribution >= 0.6 is 0 Å². The minimum Gasteiger partial charge on any atom is -0.462 e. The molecule has 0 aromatic carbocycles. The van der Waals surface area contributed by atoms with Crippen LogP contribution in [0, 0.1) is 11.8 Å². The highest BCUT2D eigenvalue weighted by atomic mass is 16.6. The third kappa shape index (κ3) is 39.5. The van der Waals surface area contributed by atoms with Crippen molar-refractivity contribution in [2.45, 2.75) is 246 Å². The highest BCUT2D eigenvalue weighted by Crippen LogP contribution is 2.16. The van der Waals surface area contributed by atoms with Gasteiger partial charge in [0.1, 0.15) is 13.2 Å². The van der Waals surface area contributed by atoms with Gasteiger partial charge in [-0.1, -0.05) is 202 Å². The molecule has 0 aromatic heterocycles. The van der Waals surface area contributed by atoms with Crippen LogP contribution in [0.4, 0.5) is 0 Å². The van der Waals surface area contributed by atoms with E-state index in [1.807, 2.05) is 0 Å². The third-order valence-corrected chi connectivity index (χ3v) is 9.97. The molecule has 0 radical (unpaired) electrons. The van der Waals surface area contributed by atoms with Crippen LogP contribution in [0.2, 0.25) is 0 Å². The molecule has 0 fully saturated rings. The molecule has 6 heteroatoms. The summed E-state index contributed by atoms with van der Waals surface area (Å²) >= 11 is 0. The van der Waals surface area contributed by atoms with E-state index in [1.54, 1.807) is 0 Å². The smallest absolute Gasteiger partial charge is 0.306 e. The highest BCUT2D eigenvalue weighted by Gasteiger charge is 2.19. The second kappa shape index (κ2) is 38.1. The Morgan fingerprint density at radius 1 is 0.373 bits per heavy atom. The molecule has 302 valence electrons. The Morgan fingerprint density at radius 3 is 0.961 bits per heavy atom. The Labute approximate surface area is 317 Å². The van der Waals surface area contributed by atoms with Gasteiger partial charge in [-0.05, 0) is 31.1 Å². The van der Waals surface area contributed by atoms with Gasteiger partial charge in [0.2, 0.25) is 0 Å². The fraction of sp³-hybridized carbons (Fsp3) is 0.933. The number of hydrogen-bond acceptors (Lipinski definition) is 6. The largest absolute Gasteiger partial charge is 0.462 e. The van der Waals surface area contributed by atoms with Gasteiger partial charge in [-0.3, -0.25) is 14.4 Å². The molecule has 0 aliphatic heterocycles. The molecule has 0 bridgehead atoms. The van der Waals surface area contributed by atoms with E-state index in [-0.39, 0.29) is 31.1 Å². The Morgan fingerprint density at radius 2 is 0.647 bits per heavy atom. The molecule has 0 rings (SSSR count). The molecule has 0 aromatic rings. The van der Waals surface area contributed by atoms with Crippen molar-refractivity contribution < 1.29 is 28.6 Å². The second-order valence-corrected chi connectivity index (χ2v) is 16.3. The molecule has 0 aliphatic carbocycles. The topological polar surface area (TPSA) is 78.9 Å². The molecular weight excluding hydrogens is 636 g/mol. The van der Waals surface area contributed by atoms with Crippen LogP contribution < -0.4 is 0 Å². The summed E-state index contributed by atoms with van der Waals surface area (Å²) in [7, 11) is 0. The van der Waals surface area contributed by atoms with Gasteiger partial charge in [0.15, 0.2) is 6.10 Å². The van der Waals surface area contributed by atoms with Gasteiger partial charge in [-0.25, -0.2) is 0 Å². The molecule has 1 atom stereocenters. The molecule has 0 N–H and O–H groups in total. The van der Waals surface area contributed by atoms with E-state index in [1.165, 1.54) is 128 Å². The summed E-state index contributed by atoms with van der Waals surface area (Å²) in [4.78, 5) is 37.6. The highest BCUT2D eigenvalue weighted by molar-refractivity contribution is 5.71. The Kier molecular flexibility index (Phi) is 37.0. The van der Waals surface area contributed by atoms with Crippen LogP contribution in [0.3, 0.4) is 0 Å². The van der Waals surface area contributed by atoms with E-state index >= 15 is 0 Å². The van der Waals surface area contributed by atoms with Gasteiger partial charge in [-0.15, -0.1) is 0 Å². The lowest BCUT2D eigenvalue weighted by molar-refractivity contribution is -0.167. The average molecular weight is 723 g/mol. The van der Waals surface area contributed by atoms with Crippen LogP contribution in [0.15, 0.2) is 0 Å². The fourth-order valence-electron chi connectivity index (χ4n) is 6.58. The summed E-state index contributed by atoms with van der Waals surface area (Å²) in [5.41, 5.74) is 0. The second-order valence-electron chi connectivity index (χ2n) is 16.3. The molecule has 0 saturated heterocycles. The first-order chi connectivity index (χ1) is 24.7. The zero-order valence-electron chi connectivity index (χ0n) is 34.7. The molecule has 6 nitrogen and oxygen atoms in total. The van der Waals surface area contributed by atoms with Crippen LogP contribution in [0.25, 0.3) is 0 Å².